The van der Waals surface area contributed by atoms with E-state index < -0.39 is 6.10 Å². The van der Waals surface area contributed by atoms with Crippen molar-refractivity contribution in [3.8, 4) is 11.5 Å². The first-order valence-corrected chi connectivity index (χ1v) is 7.74. The maximum atomic E-state index is 10.6. The van der Waals surface area contributed by atoms with E-state index in [-0.39, 0.29) is 0 Å². The molecule has 0 saturated heterocycles. The van der Waals surface area contributed by atoms with Crippen molar-refractivity contribution in [3.63, 3.8) is 0 Å². The number of hydrogen-bond donors (Lipinski definition) is 1. The number of aliphatic hydroxyl groups excluding tert-OH is 1. The molecule has 21 heavy (non-hydrogen) atoms. The van der Waals surface area contributed by atoms with Crippen molar-refractivity contribution in [2.24, 2.45) is 0 Å². The number of halogens is 2. The molecule has 0 fully saturated rings. The van der Waals surface area contributed by atoms with Crippen molar-refractivity contribution >= 4 is 27.5 Å². The van der Waals surface area contributed by atoms with Crippen molar-refractivity contribution in [1.82, 2.24) is 0 Å². The van der Waals surface area contributed by atoms with Crippen LogP contribution in [0, 0.1) is 0 Å². The zero-order valence-corrected chi connectivity index (χ0v) is 13.7. The first-order valence-electron chi connectivity index (χ1n) is 6.57. The molecule has 3 nitrogen and oxygen atoms in total. The molecule has 0 spiro atoms. The summed E-state index contributed by atoms with van der Waals surface area (Å²) in [5, 5.41) is 11.1. The van der Waals surface area contributed by atoms with Gasteiger partial charge < -0.3 is 14.6 Å². The zero-order chi connectivity index (χ0) is 15.0. The Morgan fingerprint density at radius 1 is 1.33 bits per heavy atom. The highest BCUT2D eigenvalue weighted by molar-refractivity contribution is 9.10. The highest BCUT2D eigenvalue weighted by Crippen LogP contribution is 2.43. The third-order valence-corrected chi connectivity index (χ3v) is 4.72. The van der Waals surface area contributed by atoms with Crippen LogP contribution in [0.25, 0.3) is 0 Å². The first-order chi connectivity index (χ1) is 10.1. The molecular weight excluding hydrogens is 356 g/mol. The van der Waals surface area contributed by atoms with Gasteiger partial charge in [0.05, 0.1) is 18.7 Å². The molecular formula is C16H14BrClO3. The van der Waals surface area contributed by atoms with E-state index >= 15 is 0 Å². The van der Waals surface area contributed by atoms with Gasteiger partial charge in [0.15, 0.2) is 0 Å². The number of rotatable bonds is 3. The van der Waals surface area contributed by atoms with Gasteiger partial charge in [0.1, 0.15) is 17.6 Å². The van der Waals surface area contributed by atoms with E-state index in [0.29, 0.717) is 22.9 Å². The van der Waals surface area contributed by atoms with Gasteiger partial charge in [-0.1, -0.05) is 39.7 Å². The molecule has 0 saturated carbocycles. The molecule has 110 valence electrons. The lowest BCUT2D eigenvalue weighted by molar-refractivity contribution is 0.219. The molecule has 2 aromatic carbocycles. The molecule has 1 unspecified atom stereocenters. The molecule has 0 amide bonds. The summed E-state index contributed by atoms with van der Waals surface area (Å²) in [5.41, 5.74) is 2.45. The second-order valence-corrected chi connectivity index (χ2v) is 6.08. The monoisotopic (exact) mass is 368 g/mol. The van der Waals surface area contributed by atoms with Crippen LogP contribution in [-0.4, -0.2) is 18.8 Å². The lowest BCUT2D eigenvalue weighted by Gasteiger charge is -2.16. The standard InChI is InChI=1S/C16H14BrClO3/c1-20-10-4-2-9(3-5-10)15(19)12-8-13(17)11-6-7-21-16(11)14(12)18/h2-5,8,15,19H,6-7H2,1H3. The van der Waals surface area contributed by atoms with E-state index in [1.54, 1.807) is 7.11 Å². The summed E-state index contributed by atoms with van der Waals surface area (Å²) in [6.07, 6.45) is 0.0170. The highest BCUT2D eigenvalue weighted by atomic mass is 79.9. The van der Waals surface area contributed by atoms with Crippen molar-refractivity contribution < 1.29 is 14.6 Å². The molecule has 0 radical (unpaired) electrons. The summed E-state index contributed by atoms with van der Waals surface area (Å²) < 4.78 is 11.6. The average Bonchev–Trinajstić information content (AvgIpc) is 3.01. The SMILES string of the molecule is COc1ccc(C(O)c2cc(Br)c3c(c2Cl)OCC3)cc1. The Labute approximate surface area is 136 Å². The predicted molar refractivity (Wildman–Crippen MR) is 85.4 cm³/mol. The first kappa shape index (κ1) is 14.7. The van der Waals surface area contributed by atoms with Crippen LogP contribution in [0.4, 0.5) is 0 Å². The van der Waals surface area contributed by atoms with Crippen molar-refractivity contribution in [3.05, 3.63) is 56.5 Å². The molecule has 5 heteroatoms. The summed E-state index contributed by atoms with van der Waals surface area (Å²) in [5.74, 6) is 1.42. The van der Waals surface area contributed by atoms with Gasteiger partial charge in [-0.2, -0.15) is 0 Å². The Morgan fingerprint density at radius 2 is 2.05 bits per heavy atom. The normalized spacial score (nSPS) is 14.5. The fourth-order valence-electron chi connectivity index (χ4n) is 2.46. The van der Waals surface area contributed by atoms with Crippen molar-refractivity contribution in [1.29, 1.82) is 0 Å². The molecule has 1 heterocycles. The number of ether oxygens (including phenoxy) is 2. The molecule has 0 bridgehead atoms. The molecule has 0 aliphatic carbocycles. The van der Waals surface area contributed by atoms with Crippen LogP contribution in [0.15, 0.2) is 34.8 Å². The summed E-state index contributed by atoms with van der Waals surface area (Å²) >= 11 is 9.93. The van der Waals surface area contributed by atoms with Crippen LogP contribution in [-0.2, 0) is 6.42 Å². The van der Waals surface area contributed by atoms with E-state index in [9.17, 15) is 5.11 Å². The van der Waals surface area contributed by atoms with E-state index in [2.05, 4.69) is 15.9 Å². The average molecular weight is 370 g/mol. The smallest absolute Gasteiger partial charge is 0.142 e. The molecule has 1 N–H and O–H groups in total. The van der Waals surface area contributed by atoms with E-state index in [0.717, 1.165) is 27.8 Å². The van der Waals surface area contributed by atoms with Gasteiger partial charge in [-0.3, -0.25) is 0 Å². The quantitative estimate of drug-likeness (QED) is 0.884. The second kappa shape index (κ2) is 5.87. The molecule has 3 rings (SSSR count). The minimum absolute atomic E-state index is 0.481. The zero-order valence-electron chi connectivity index (χ0n) is 11.4. The second-order valence-electron chi connectivity index (χ2n) is 4.84. The largest absolute Gasteiger partial charge is 0.497 e. The van der Waals surface area contributed by atoms with Crippen LogP contribution in [0.3, 0.4) is 0 Å². The summed E-state index contributed by atoms with van der Waals surface area (Å²) in [7, 11) is 1.61. The molecule has 0 aromatic heterocycles. The topological polar surface area (TPSA) is 38.7 Å². The number of hydrogen-bond acceptors (Lipinski definition) is 3. The Morgan fingerprint density at radius 3 is 2.71 bits per heavy atom. The van der Waals surface area contributed by atoms with Crippen LogP contribution >= 0.6 is 27.5 Å². The third-order valence-electron chi connectivity index (χ3n) is 3.62. The van der Waals surface area contributed by atoms with E-state index in [1.165, 1.54) is 0 Å². The maximum absolute atomic E-state index is 10.6. The Hall–Kier alpha value is -1.23. The van der Waals surface area contributed by atoms with Crippen LogP contribution in [0.2, 0.25) is 5.02 Å². The van der Waals surface area contributed by atoms with Gasteiger partial charge >= 0.3 is 0 Å². The summed E-state index contributed by atoms with van der Waals surface area (Å²) in [6, 6.07) is 9.13. The van der Waals surface area contributed by atoms with Gasteiger partial charge in [-0.05, 0) is 23.8 Å². The Kier molecular flexibility index (Phi) is 4.11. The van der Waals surface area contributed by atoms with Crippen molar-refractivity contribution in [2.45, 2.75) is 12.5 Å². The lowest BCUT2D eigenvalue weighted by Crippen LogP contribution is -2.02. The highest BCUT2D eigenvalue weighted by Gasteiger charge is 2.25. The minimum Gasteiger partial charge on any atom is -0.497 e. The number of fused-ring (bicyclic) bond motifs is 1. The van der Waals surface area contributed by atoms with E-state index in [1.807, 2.05) is 30.3 Å². The molecule has 1 aliphatic heterocycles. The number of methoxy groups -OCH3 is 1. The van der Waals surface area contributed by atoms with Crippen LogP contribution in [0.1, 0.15) is 22.8 Å². The van der Waals surface area contributed by atoms with Gasteiger partial charge in [0.25, 0.3) is 0 Å². The number of aliphatic hydroxyl groups is 1. The lowest BCUT2D eigenvalue weighted by atomic mass is 9.99. The van der Waals surface area contributed by atoms with Crippen LogP contribution in [0.5, 0.6) is 11.5 Å². The molecule has 1 aliphatic rings. The Balaban J connectivity index is 2.01. The van der Waals surface area contributed by atoms with Crippen molar-refractivity contribution in [2.75, 3.05) is 13.7 Å². The van der Waals surface area contributed by atoms with Gasteiger partial charge in [-0.15, -0.1) is 0 Å². The third kappa shape index (κ3) is 2.63. The maximum Gasteiger partial charge on any atom is 0.142 e. The Bertz CT molecular complexity index is 670. The fraction of sp³-hybridized carbons (Fsp3) is 0.250. The van der Waals surface area contributed by atoms with E-state index in [4.69, 9.17) is 21.1 Å². The van der Waals surface area contributed by atoms with Crippen LogP contribution < -0.4 is 9.47 Å². The summed E-state index contributed by atoms with van der Waals surface area (Å²) in [4.78, 5) is 0. The number of benzene rings is 2. The van der Waals surface area contributed by atoms with Gasteiger partial charge in [0.2, 0.25) is 0 Å². The molecule has 1 atom stereocenters. The van der Waals surface area contributed by atoms with Gasteiger partial charge in [0, 0.05) is 22.0 Å². The predicted octanol–water partition coefficient (Wildman–Crippen LogP) is 4.13. The summed E-state index contributed by atoms with van der Waals surface area (Å²) in [6.45, 7) is 0.621. The minimum atomic E-state index is -0.811. The molecule has 2 aromatic rings. The fourth-order valence-corrected chi connectivity index (χ4v) is 3.41. The van der Waals surface area contributed by atoms with Gasteiger partial charge in [-0.25, -0.2) is 0 Å².